The van der Waals surface area contributed by atoms with E-state index in [2.05, 4.69) is 0 Å². The molecule has 20 heavy (non-hydrogen) atoms. The predicted octanol–water partition coefficient (Wildman–Crippen LogP) is 7.14. The van der Waals surface area contributed by atoms with Gasteiger partial charge in [0.15, 0.2) is 0 Å². The molecule has 0 amide bonds. The summed E-state index contributed by atoms with van der Waals surface area (Å²) in [5.41, 5.74) is 0. The van der Waals surface area contributed by atoms with Crippen LogP contribution in [0.2, 0.25) is 0 Å². The van der Waals surface area contributed by atoms with Crippen molar-refractivity contribution in [3.8, 4) is 0 Å². The number of hydrogen-bond donors (Lipinski definition) is 0. The molecule has 0 aromatic rings. The number of hydrogen-bond acceptors (Lipinski definition) is 0. The Morgan fingerprint density at radius 3 is 1.35 bits per heavy atom. The summed E-state index contributed by atoms with van der Waals surface area (Å²) in [5, 5.41) is 0. The predicted molar refractivity (Wildman–Crippen MR) is 80.3 cm³/mol. The first-order chi connectivity index (χ1) is 9.31. The van der Waals surface area contributed by atoms with Crippen molar-refractivity contribution >= 4 is 27.5 Å². The zero-order chi connectivity index (χ0) is 15.5. The fourth-order valence-corrected chi connectivity index (χ4v) is 2.38. The summed E-state index contributed by atoms with van der Waals surface area (Å²) in [5.74, 6) is -3.23. The first kappa shape index (κ1) is 20.5. The van der Waals surface area contributed by atoms with Crippen molar-refractivity contribution in [1.82, 2.24) is 0 Å². The van der Waals surface area contributed by atoms with Crippen LogP contribution in [-0.2, 0) is 0 Å². The molecule has 0 bridgehead atoms. The van der Waals surface area contributed by atoms with Gasteiger partial charge in [0.2, 0.25) is 0 Å². The van der Waals surface area contributed by atoms with Gasteiger partial charge in [-0.3, -0.25) is 0 Å². The minimum absolute atomic E-state index is 0.143. The molecule has 0 heterocycles. The number of halogens is 6. The van der Waals surface area contributed by atoms with E-state index in [9.17, 15) is 17.6 Å². The number of unbranched alkanes of at least 4 members (excludes halogenated alkanes) is 9. The van der Waals surface area contributed by atoms with E-state index in [1.807, 2.05) is 0 Å². The van der Waals surface area contributed by atoms with Crippen molar-refractivity contribution in [3.05, 3.63) is 0 Å². The molecule has 0 aliphatic heterocycles. The van der Waals surface area contributed by atoms with Gasteiger partial charge in [-0.25, -0.2) is 0 Å². The molecule has 0 rings (SSSR count). The first-order valence-electron chi connectivity index (χ1n) is 7.32. The highest BCUT2D eigenvalue weighted by molar-refractivity contribution is 9.10. The van der Waals surface area contributed by atoms with E-state index in [4.69, 9.17) is 11.6 Å². The maximum Gasteiger partial charge on any atom is 0.363 e. The summed E-state index contributed by atoms with van der Waals surface area (Å²) in [7, 11) is 0. The van der Waals surface area contributed by atoms with Gasteiger partial charge in [-0.1, -0.05) is 51.4 Å². The summed E-state index contributed by atoms with van der Waals surface area (Å²) in [4.78, 5) is -4.09. The highest BCUT2D eigenvalue weighted by atomic mass is 79.9. The van der Waals surface area contributed by atoms with E-state index in [0.29, 0.717) is 6.42 Å². The van der Waals surface area contributed by atoms with Crippen molar-refractivity contribution < 1.29 is 17.6 Å². The smallest absolute Gasteiger partial charge is 0.199 e. The lowest BCUT2D eigenvalue weighted by molar-refractivity contribution is -0.151. The first-order valence-corrected chi connectivity index (χ1v) is 8.64. The molecule has 0 saturated carbocycles. The molecule has 0 atom stereocenters. The molecule has 0 nitrogen and oxygen atoms in total. The van der Waals surface area contributed by atoms with Gasteiger partial charge in [0.05, 0.1) is 0 Å². The Labute approximate surface area is 132 Å². The Balaban J connectivity index is 3.33. The van der Waals surface area contributed by atoms with E-state index in [1.165, 1.54) is 19.3 Å². The largest absolute Gasteiger partial charge is 0.363 e. The van der Waals surface area contributed by atoms with Crippen LogP contribution >= 0.6 is 27.5 Å². The van der Waals surface area contributed by atoms with Gasteiger partial charge in [0.25, 0.3) is 0 Å². The monoisotopic (exact) mass is 382 g/mol. The molecule has 0 aromatic carbocycles. The van der Waals surface area contributed by atoms with Crippen LogP contribution < -0.4 is 0 Å². The highest BCUT2D eigenvalue weighted by Crippen LogP contribution is 2.42. The van der Waals surface area contributed by atoms with Crippen molar-refractivity contribution in [2.45, 2.75) is 81.4 Å². The fraction of sp³-hybridized carbons (Fsp3) is 1.00. The molecule has 122 valence electrons. The third kappa shape index (κ3) is 10.3. The Morgan fingerprint density at radius 2 is 1.00 bits per heavy atom. The maximum atomic E-state index is 12.9. The molecule has 0 N–H and O–H groups in total. The van der Waals surface area contributed by atoms with Crippen molar-refractivity contribution in [2.24, 2.45) is 0 Å². The summed E-state index contributed by atoms with van der Waals surface area (Å²) in [6.45, 7) is 0. The second-order valence-corrected chi connectivity index (χ2v) is 6.55. The number of rotatable bonds is 13. The summed E-state index contributed by atoms with van der Waals surface area (Å²) in [6, 6.07) is 0. The quantitative estimate of drug-likeness (QED) is 0.180. The number of alkyl halides is 6. The fourth-order valence-electron chi connectivity index (χ4n) is 2.00. The Bertz CT molecular complexity index is 232. The lowest BCUT2D eigenvalue weighted by Crippen LogP contribution is -2.34. The van der Waals surface area contributed by atoms with Crippen LogP contribution in [0, 0.1) is 0 Å². The van der Waals surface area contributed by atoms with Crippen LogP contribution in [0.4, 0.5) is 17.6 Å². The zero-order valence-corrected chi connectivity index (χ0v) is 14.1. The molecule has 0 aromatic heterocycles. The Morgan fingerprint density at radius 1 is 0.650 bits per heavy atom. The summed E-state index contributed by atoms with van der Waals surface area (Å²) < 4.78 is 50.7. The van der Waals surface area contributed by atoms with Gasteiger partial charge < -0.3 is 0 Å². The topological polar surface area (TPSA) is 0 Å². The average molecular weight is 384 g/mol. The summed E-state index contributed by atoms with van der Waals surface area (Å²) in [6.07, 6.45) is 8.65. The standard InChI is InChI=1S/C14H24BrClF4/c15-14(19,20)13(17,18)11-9-7-5-3-1-2-4-6-8-10-12-16/h1-12H2. The third-order valence-corrected chi connectivity index (χ3v) is 4.14. The molecule has 0 aliphatic rings. The molecule has 0 aliphatic carbocycles. The molecule has 0 spiro atoms. The minimum atomic E-state index is -4.09. The van der Waals surface area contributed by atoms with Gasteiger partial charge in [-0.2, -0.15) is 17.6 Å². The van der Waals surface area contributed by atoms with Gasteiger partial charge in [0.1, 0.15) is 0 Å². The molecule has 0 saturated heterocycles. The van der Waals surface area contributed by atoms with Crippen LogP contribution in [0.15, 0.2) is 0 Å². The van der Waals surface area contributed by atoms with E-state index >= 15 is 0 Å². The molecule has 0 radical (unpaired) electrons. The third-order valence-electron chi connectivity index (χ3n) is 3.29. The molecule has 0 unspecified atom stereocenters. The molecular formula is C14H24BrClF4. The maximum absolute atomic E-state index is 12.9. The van der Waals surface area contributed by atoms with Gasteiger partial charge in [0, 0.05) is 12.3 Å². The second-order valence-electron chi connectivity index (χ2n) is 5.18. The Hall–Kier alpha value is 0.490. The van der Waals surface area contributed by atoms with E-state index in [1.54, 1.807) is 15.9 Å². The van der Waals surface area contributed by atoms with Crippen molar-refractivity contribution in [2.75, 3.05) is 5.88 Å². The minimum Gasteiger partial charge on any atom is -0.199 e. The van der Waals surface area contributed by atoms with Crippen LogP contribution in [0.25, 0.3) is 0 Å². The lowest BCUT2D eigenvalue weighted by atomic mass is 10.0. The molecule has 0 fully saturated rings. The Kier molecular flexibility index (Phi) is 11.4. The molecule has 6 heteroatoms. The van der Waals surface area contributed by atoms with Crippen LogP contribution in [0.3, 0.4) is 0 Å². The zero-order valence-electron chi connectivity index (χ0n) is 11.8. The SMILES string of the molecule is FC(F)(Br)C(F)(F)CCCCCCCCCCCCCl. The van der Waals surface area contributed by atoms with E-state index in [0.717, 1.165) is 38.0 Å². The van der Waals surface area contributed by atoms with E-state index in [-0.39, 0.29) is 6.42 Å². The lowest BCUT2D eigenvalue weighted by Gasteiger charge is -2.21. The van der Waals surface area contributed by atoms with Gasteiger partial charge in [-0.15, -0.1) is 11.6 Å². The van der Waals surface area contributed by atoms with Crippen LogP contribution in [-0.4, -0.2) is 16.6 Å². The molecular weight excluding hydrogens is 360 g/mol. The average Bonchev–Trinajstić information content (AvgIpc) is 2.34. The normalized spacial score (nSPS) is 12.9. The summed E-state index contributed by atoms with van der Waals surface area (Å²) >= 11 is 7.31. The van der Waals surface area contributed by atoms with Crippen LogP contribution in [0.1, 0.15) is 70.6 Å². The van der Waals surface area contributed by atoms with E-state index < -0.39 is 17.2 Å². The highest BCUT2D eigenvalue weighted by Gasteiger charge is 2.53. The second kappa shape index (κ2) is 11.1. The van der Waals surface area contributed by atoms with Gasteiger partial charge in [-0.05, 0) is 28.8 Å². The van der Waals surface area contributed by atoms with Crippen molar-refractivity contribution in [1.29, 1.82) is 0 Å². The van der Waals surface area contributed by atoms with Crippen LogP contribution in [0.5, 0.6) is 0 Å². The van der Waals surface area contributed by atoms with Crippen molar-refractivity contribution in [3.63, 3.8) is 0 Å². The van der Waals surface area contributed by atoms with Gasteiger partial charge >= 0.3 is 10.8 Å².